The molecule has 142 valence electrons. The number of nitrogens with one attached hydrogen (secondary N) is 1. The molecule has 2 aromatic carbocycles. The Labute approximate surface area is 165 Å². The molecule has 0 saturated carbocycles. The maximum absolute atomic E-state index is 11.8. The molecule has 3 heterocycles. The molecule has 0 aliphatic carbocycles. The van der Waals surface area contributed by atoms with Gasteiger partial charge in [0.05, 0.1) is 28.8 Å². The van der Waals surface area contributed by atoms with E-state index in [-0.39, 0.29) is 17.2 Å². The Bertz CT molecular complexity index is 1180. The third-order valence-corrected chi connectivity index (χ3v) is 5.99. The molecule has 4 aromatic rings. The number of imidazole rings is 1. The van der Waals surface area contributed by atoms with Crippen molar-refractivity contribution in [3.8, 4) is 0 Å². The third kappa shape index (κ3) is 3.40. The average molecular weight is 392 g/mol. The van der Waals surface area contributed by atoms with E-state index in [0.717, 1.165) is 40.0 Å². The van der Waals surface area contributed by atoms with Crippen LogP contribution in [0, 0.1) is 0 Å². The minimum Gasteiger partial charge on any atom is -0.353 e. The van der Waals surface area contributed by atoms with E-state index in [4.69, 9.17) is 15.5 Å². The van der Waals surface area contributed by atoms with Gasteiger partial charge < -0.3 is 20.0 Å². The lowest BCUT2D eigenvalue weighted by Crippen LogP contribution is -2.13. The average Bonchev–Trinajstić information content (AvgIpc) is 3.07. The first-order chi connectivity index (χ1) is 13.7. The number of aromatic nitrogens is 3. The second-order valence-electron chi connectivity index (χ2n) is 7.08. The summed E-state index contributed by atoms with van der Waals surface area (Å²) in [5.74, 6) is 0. The molecule has 7 heteroatoms. The summed E-state index contributed by atoms with van der Waals surface area (Å²) in [7, 11) is 0. The zero-order valence-electron chi connectivity index (χ0n) is 15.2. The molecule has 2 unspecified atom stereocenters. The van der Waals surface area contributed by atoms with Crippen molar-refractivity contribution in [2.24, 2.45) is 5.73 Å². The summed E-state index contributed by atoms with van der Waals surface area (Å²) in [6.07, 6.45) is 3.24. The Balaban J connectivity index is 1.50. The van der Waals surface area contributed by atoms with Gasteiger partial charge in [0.25, 0.3) is 0 Å². The van der Waals surface area contributed by atoms with Crippen molar-refractivity contribution in [3.05, 3.63) is 87.0 Å². The highest BCUT2D eigenvalue weighted by Crippen LogP contribution is 2.26. The summed E-state index contributed by atoms with van der Waals surface area (Å²) in [6.45, 7) is 0.642. The Kier molecular flexibility index (Phi) is 4.35. The van der Waals surface area contributed by atoms with Crippen LogP contribution in [0.4, 0.5) is 0 Å². The minimum atomic E-state index is -0.190. The van der Waals surface area contributed by atoms with Gasteiger partial charge in [-0.25, -0.2) is 4.98 Å². The van der Waals surface area contributed by atoms with Crippen LogP contribution in [0.1, 0.15) is 22.5 Å². The number of thiazole rings is 1. The van der Waals surface area contributed by atoms with Gasteiger partial charge in [-0.3, -0.25) is 4.79 Å². The molecular formula is C21H20N4O2S. The summed E-state index contributed by atoms with van der Waals surface area (Å²) in [5.41, 5.74) is 11.2. The van der Waals surface area contributed by atoms with E-state index < -0.39 is 0 Å². The monoisotopic (exact) mass is 392 g/mol. The Morgan fingerprint density at radius 2 is 2.00 bits per heavy atom. The first-order valence-corrected chi connectivity index (χ1v) is 10.1. The van der Waals surface area contributed by atoms with Crippen molar-refractivity contribution >= 4 is 21.6 Å². The molecule has 2 aromatic heterocycles. The summed E-state index contributed by atoms with van der Waals surface area (Å²) < 4.78 is 8.59. The molecule has 1 fully saturated rings. The SMILES string of the molecule is NC1OC1Cc1c(Cc2ccccc2)ncn1Cc1cccc2sc(=O)[nH]c12. The van der Waals surface area contributed by atoms with E-state index in [2.05, 4.69) is 21.7 Å². The van der Waals surface area contributed by atoms with E-state index in [1.54, 1.807) is 0 Å². The fourth-order valence-electron chi connectivity index (χ4n) is 3.62. The number of aromatic amines is 1. The highest BCUT2D eigenvalue weighted by Gasteiger charge is 2.36. The largest absolute Gasteiger partial charge is 0.353 e. The van der Waals surface area contributed by atoms with Crippen LogP contribution in [-0.4, -0.2) is 26.9 Å². The van der Waals surface area contributed by atoms with Crippen molar-refractivity contribution < 1.29 is 4.74 Å². The maximum atomic E-state index is 11.8. The van der Waals surface area contributed by atoms with Crippen LogP contribution in [0.2, 0.25) is 0 Å². The number of hydrogen-bond donors (Lipinski definition) is 2. The molecule has 0 spiro atoms. The molecule has 2 atom stereocenters. The molecule has 0 bridgehead atoms. The Morgan fingerprint density at radius 1 is 1.18 bits per heavy atom. The Morgan fingerprint density at radius 3 is 2.79 bits per heavy atom. The minimum absolute atomic E-state index is 0.0320. The molecule has 1 saturated heterocycles. The molecule has 28 heavy (non-hydrogen) atoms. The van der Waals surface area contributed by atoms with Crippen molar-refractivity contribution in [2.75, 3.05) is 0 Å². The van der Waals surface area contributed by atoms with Crippen LogP contribution in [0.5, 0.6) is 0 Å². The van der Waals surface area contributed by atoms with Gasteiger partial charge in [-0.05, 0) is 17.2 Å². The van der Waals surface area contributed by atoms with Gasteiger partial charge in [-0.1, -0.05) is 53.8 Å². The fourth-order valence-corrected chi connectivity index (χ4v) is 4.40. The number of nitrogens with zero attached hydrogens (tertiary/aromatic N) is 2. The predicted octanol–water partition coefficient (Wildman–Crippen LogP) is 2.65. The molecule has 0 radical (unpaired) electrons. The number of rotatable bonds is 6. The number of para-hydroxylation sites is 1. The summed E-state index contributed by atoms with van der Waals surface area (Å²) in [4.78, 5) is 19.4. The quantitative estimate of drug-likeness (QED) is 0.494. The lowest BCUT2D eigenvalue weighted by molar-refractivity contribution is 0.370. The lowest BCUT2D eigenvalue weighted by atomic mass is 10.1. The standard InChI is InChI=1S/C21H20N4O2S/c22-20-17(27-20)10-16-15(9-13-5-2-1-3-6-13)23-12-25(16)11-14-7-4-8-18-19(14)24-21(26)28-18/h1-8,12,17,20H,9-11,22H2,(H,24,26). The molecule has 1 aliphatic heterocycles. The summed E-state index contributed by atoms with van der Waals surface area (Å²) in [5, 5.41) is 0. The smallest absolute Gasteiger partial charge is 0.305 e. The van der Waals surface area contributed by atoms with Gasteiger partial charge in [-0.15, -0.1) is 0 Å². The second kappa shape index (κ2) is 7.01. The first-order valence-electron chi connectivity index (χ1n) is 9.26. The van der Waals surface area contributed by atoms with E-state index in [1.165, 1.54) is 16.9 Å². The molecule has 5 rings (SSSR count). The van der Waals surface area contributed by atoms with Crippen LogP contribution in [-0.2, 0) is 24.1 Å². The van der Waals surface area contributed by atoms with Gasteiger partial charge in [0.1, 0.15) is 12.3 Å². The first kappa shape index (κ1) is 17.4. The van der Waals surface area contributed by atoms with Crippen LogP contribution >= 0.6 is 11.3 Å². The van der Waals surface area contributed by atoms with Gasteiger partial charge in [0, 0.05) is 18.5 Å². The van der Waals surface area contributed by atoms with E-state index in [1.807, 2.05) is 42.7 Å². The number of benzene rings is 2. The van der Waals surface area contributed by atoms with E-state index in [9.17, 15) is 4.79 Å². The van der Waals surface area contributed by atoms with Crippen molar-refractivity contribution in [1.29, 1.82) is 0 Å². The van der Waals surface area contributed by atoms with Crippen LogP contribution in [0.25, 0.3) is 10.2 Å². The lowest BCUT2D eigenvalue weighted by Gasteiger charge is -2.10. The maximum Gasteiger partial charge on any atom is 0.305 e. The van der Waals surface area contributed by atoms with E-state index in [0.29, 0.717) is 6.54 Å². The number of fused-ring (bicyclic) bond motifs is 1. The fraction of sp³-hybridized carbons (Fsp3) is 0.238. The van der Waals surface area contributed by atoms with Crippen molar-refractivity contribution in [3.63, 3.8) is 0 Å². The molecule has 3 N–H and O–H groups in total. The number of ether oxygens (including phenoxy) is 1. The number of hydrogen-bond acceptors (Lipinski definition) is 5. The molecule has 1 aliphatic rings. The number of epoxide rings is 1. The number of H-pyrrole nitrogens is 1. The zero-order valence-corrected chi connectivity index (χ0v) is 16.0. The second-order valence-corrected chi connectivity index (χ2v) is 8.09. The Hall–Kier alpha value is -2.74. The van der Waals surface area contributed by atoms with Crippen LogP contribution < -0.4 is 10.6 Å². The van der Waals surface area contributed by atoms with Crippen molar-refractivity contribution in [2.45, 2.75) is 31.7 Å². The highest BCUT2D eigenvalue weighted by molar-refractivity contribution is 7.16. The summed E-state index contributed by atoms with van der Waals surface area (Å²) >= 11 is 1.24. The highest BCUT2D eigenvalue weighted by atomic mass is 32.1. The molecule has 6 nitrogen and oxygen atoms in total. The zero-order chi connectivity index (χ0) is 19.1. The van der Waals surface area contributed by atoms with Crippen molar-refractivity contribution in [1.82, 2.24) is 14.5 Å². The normalized spacial score (nSPS) is 18.6. The predicted molar refractivity (Wildman–Crippen MR) is 110 cm³/mol. The summed E-state index contributed by atoms with van der Waals surface area (Å²) in [6, 6.07) is 16.3. The van der Waals surface area contributed by atoms with Crippen LogP contribution in [0.15, 0.2) is 59.7 Å². The van der Waals surface area contributed by atoms with Gasteiger partial charge in [0.2, 0.25) is 0 Å². The number of nitrogens with two attached hydrogens (primary N) is 1. The van der Waals surface area contributed by atoms with Gasteiger partial charge >= 0.3 is 4.87 Å². The van der Waals surface area contributed by atoms with Crippen LogP contribution in [0.3, 0.4) is 0 Å². The molecule has 0 amide bonds. The topological polar surface area (TPSA) is 89.2 Å². The van der Waals surface area contributed by atoms with Gasteiger partial charge in [0.15, 0.2) is 0 Å². The third-order valence-electron chi connectivity index (χ3n) is 5.15. The molecular weight excluding hydrogens is 372 g/mol. The van der Waals surface area contributed by atoms with E-state index >= 15 is 0 Å². The van der Waals surface area contributed by atoms with Gasteiger partial charge in [-0.2, -0.15) is 0 Å².